The molecule has 0 saturated carbocycles. The van der Waals surface area contributed by atoms with Crippen molar-refractivity contribution in [2.45, 2.75) is 39.5 Å². The smallest absolute Gasteiger partial charge is 0.135 e. The first kappa shape index (κ1) is 18.4. The third-order valence-corrected chi connectivity index (χ3v) is 4.62. The van der Waals surface area contributed by atoms with E-state index in [1.807, 2.05) is 6.07 Å². The van der Waals surface area contributed by atoms with Crippen molar-refractivity contribution in [3.63, 3.8) is 0 Å². The summed E-state index contributed by atoms with van der Waals surface area (Å²) in [4.78, 5) is 0. The Morgan fingerprint density at radius 1 is 0.692 bits per heavy atom. The van der Waals surface area contributed by atoms with E-state index in [-0.39, 0.29) is 0 Å². The van der Waals surface area contributed by atoms with Gasteiger partial charge in [-0.3, -0.25) is 0 Å². The van der Waals surface area contributed by atoms with Gasteiger partial charge >= 0.3 is 0 Å². The van der Waals surface area contributed by atoms with E-state index in [1.165, 1.54) is 0 Å². The van der Waals surface area contributed by atoms with Gasteiger partial charge in [-0.1, -0.05) is 51.0 Å². The molecule has 26 heavy (non-hydrogen) atoms. The fourth-order valence-corrected chi connectivity index (χ4v) is 3.15. The van der Waals surface area contributed by atoms with Gasteiger partial charge in [0, 0.05) is 21.5 Å². The standard InChI is InChI=1S/C23H28O3/c1-4-6-14-25-22-18-10-8-9-11-19(18)23(26-15-7-5-2)21-16-17(24-3)12-13-20(21)22/h8-13,16H,4-7,14-15H2,1-3H3. The second kappa shape index (κ2) is 8.79. The monoisotopic (exact) mass is 352 g/mol. The second-order valence-electron chi connectivity index (χ2n) is 6.52. The molecule has 0 spiro atoms. The molecule has 3 heteroatoms. The molecule has 0 radical (unpaired) electrons. The maximum absolute atomic E-state index is 6.24. The zero-order valence-electron chi connectivity index (χ0n) is 16.0. The maximum atomic E-state index is 6.24. The third-order valence-electron chi connectivity index (χ3n) is 4.62. The molecule has 0 atom stereocenters. The Hall–Kier alpha value is -2.42. The number of ether oxygens (including phenoxy) is 3. The minimum atomic E-state index is 0.711. The van der Waals surface area contributed by atoms with Crippen molar-refractivity contribution < 1.29 is 14.2 Å². The maximum Gasteiger partial charge on any atom is 0.135 e. The largest absolute Gasteiger partial charge is 0.497 e. The first-order valence-corrected chi connectivity index (χ1v) is 9.58. The lowest BCUT2D eigenvalue weighted by molar-refractivity contribution is 0.311. The molecule has 0 N–H and O–H groups in total. The quantitative estimate of drug-likeness (QED) is 0.331. The predicted octanol–water partition coefficient (Wildman–Crippen LogP) is 6.36. The van der Waals surface area contributed by atoms with Crippen LogP contribution in [0.3, 0.4) is 0 Å². The predicted molar refractivity (Wildman–Crippen MR) is 109 cm³/mol. The first-order chi connectivity index (χ1) is 12.8. The van der Waals surface area contributed by atoms with Crippen molar-refractivity contribution in [2.75, 3.05) is 20.3 Å². The van der Waals surface area contributed by atoms with Crippen molar-refractivity contribution in [1.82, 2.24) is 0 Å². The highest BCUT2D eigenvalue weighted by molar-refractivity contribution is 6.11. The summed E-state index contributed by atoms with van der Waals surface area (Å²) in [7, 11) is 1.69. The van der Waals surface area contributed by atoms with Crippen molar-refractivity contribution in [1.29, 1.82) is 0 Å². The number of benzene rings is 3. The van der Waals surface area contributed by atoms with Crippen LogP contribution in [0.15, 0.2) is 42.5 Å². The Labute approximate surface area is 155 Å². The number of unbranched alkanes of at least 4 members (excludes halogenated alkanes) is 2. The van der Waals surface area contributed by atoms with E-state index in [0.717, 1.165) is 71.1 Å². The number of fused-ring (bicyclic) bond motifs is 2. The molecule has 3 rings (SSSR count). The lowest BCUT2D eigenvalue weighted by atomic mass is 10.00. The average molecular weight is 352 g/mol. The van der Waals surface area contributed by atoms with Crippen LogP contribution in [0.1, 0.15) is 39.5 Å². The van der Waals surface area contributed by atoms with Crippen molar-refractivity contribution in [3.8, 4) is 17.2 Å². The van der Waals surface area contributed by atoms with Gasteiger partial charge in [-0.05, 0) is 31.0 Å². The minimum absolute atomic E-state index is 0.711. The summed E-state index contributed by atoms with van der Waals surface area (Å²) in [6.07, 6.45) is 4.30. The summed E-state index contributed by atoms with van der Waals surface area (Å²) in [5.41, 5.74) is 0. The van der Waals surface area contributed by atoms with E-state index in [9.17, 15) is 0 Å². The lowest BCUT2D eigenvalue weighted by Crippen LogP contribution is -2.02. The number of methoxy groups -OCH3 is 1. The van der Waals surface area contributed by atoms with Crippen LogP contribution in [0, 0.1) is 0 Å². The summed E-state index contributed by atoms with van der Waals surface area (Å²) in [5, 5.41) is 4.32. The molecule has 0 aliphatic rings. The van der Waals surface area contributed by atoms with Gasteiger partial charge in [0.15, 0.2) is 0 Å². The zero-order valence-corrected chi connectivity index (χ0v) is 16.0. The van der Waals surface area contributed by atoms with Gasteiger partial charge < -0.3 is 14.2 Å². The van der Waals surface area contributed by atoms with Crippen LogP contribution in [0.5, 0.6) is 17.2 Å². The van der Waals surface area contributed by atoms with E-state index in [0.29, 0.717) is 6.61 Å². The SMILES string of the molecule is CCCCOc1c2ccccc2c(OCCCC)c2cc(OC)ccc12. The highest BCUT2D eigenvalue weighted by Crippen LogP contribution is 2.44. The van der Waals surface area contributed by atoms with Gasteiger partial charge in [0.05, 0.1) is 20.3 Å². The van der Waals surface area contributed by atoms with Gasteiger partial charge in [-0.15, -0.1) is 0 Å². The summed E-state index contributed by atoms with van der Waals surface area (Å²) >= 11 is 0. The fraction of sp³-hybridized carbons (Fsp3) is 0.391. The van der Waals surface area contributed by atoms with Crippen molar-refractivity contribution in [3.05, 3.63) is 42.5 Å². The Morgan fingerprint density at radius 3 is 1.77 bits per heavy atom. The molecule has 3 nitrogen and oxygen atoms in total. The highest BCUT2D eigenvalue weighted by Gasteiger charge is 2.16. The molecular formula is C23H28O3. The Balaban J connectivity index is 2.22. The second-order valence-corrected chi connectivity index (χ2v) is 6.52. The van der Waals surface area contributed by atoms with Gasteiger partial charge in [0.1, 0.15) is 17.2 Å². The lowest BCUT2D eigenvalue weighted by Gasteiger charge is -2.18. The molecular weight excluding hydrogens is 324 g/mol. The normalized spacial score (nSPS) is 11.0. The minimum Gasteiger partial charge on any atom is -0.497 e. The van der Waals surface area contributed by atoms with Crippen LogP contribution in [0.25, 0.3) is 21.5 Å². The molecule has 138 valence electrons. The van der Waals surface area contributed by atoms with Crippen LogP contribution in [0.4, 0.5) is 0 Å². The molecule has 3 aromatic carbocycles. The Morgan fingerprint density at radius 2 is 1.23 bits per heavy atom. The number of rotatable bonds is 9. The molecule has 0 fully saturated rings. The van der Waals surface area contributed by atoms with E-state index < -0.39 is 0 Å². The van der Waals surface area contributed by atoms with E-state index >= 15 is 0 Å². The third kappa shape index (κ3) is 3.72. The van der Waals surface area contributed by atoms with E-state index in [2.05, 4.69) is 50.2 Å². The molecule has 0 heterocycles. The summed E-state index contributed by atoms with van der Waals surface area (Å²) < 4.78 is 17.9. The molecule has 0 aliphatic carbocycles. The van der Waals surface area contributed by atoms with Crippen LogP contribution in [-0.2, 0) is 0 Å². The molecule has 0 saturated heterocycles. The van der Waals surface area contributed by atoms with Gasteiger partial charge in [0.25, 0.3) is 0 Å². The van der Waals surface area contributed by atoms with Gasteiger partial charge in [-0.2, -0.15) is 0 Å². The molecule has 0 unspecified atom stereocenters. The summed E-state index contributed by atoms with van der Waals surface area (Å²) in [5.74, 6) is 2.69. The van der Waals surface area contributed by atoms with Crippen molar-refractivity contribution >= 4 is 21.5 Å². The first-order valence-electron chi connectivity index (χ1n) is 9.58. The molecule has 3 aromatic rings. The Kier molecular flexibility index (Phi) is 6.21. The van der Waals surface area contributed by atoms with E-state index in [1.54, 1.807) is 7.11 Å². The van der Waals surface area contributed by atoms with Gasteiger partial charge in [-0.25, -0.2) is 0 Å². The van der Waals surface area contributed by atoms with Crippen LogP contribution in [0.2, 0.25) is 0 Å². The van der Waals surface area contributed by atoms with Crippen LogP contribution >= 0.6 is 0 Å². The average Bonchev–Trinajstić information content (AvgIpc) is 2.69. The Bertz CT molecular complexity index is 870. The van der Waals surface area contributed by atoms with Crippen LogP contribution in [-0.4, -0.2) is 20.3 Å². The molecule has 0 amide bonds. The molecule has 0 aromatic heterocycles. The fourth-order valence-electron chi connectivity index (χ4n) is 3.15. The molecule has 0 aliphatic heterocycles. The molecule has 0 bridgehead atoms. The summed E-state index contributed by atoms with van der Waals surface area (Å²) in [6, 6.07) is 14.5. The number of hydrogen-bond acceptors (Lipinski definition) is 3. The van der Waals surface area contributed by atoms with Gasteiger partial charge in [0.2, 0.25) is 0 Å². The number of hydrogen-bond donors (Lipinski definition) is 0. The zero-order chi connectivity index (χ0) is 18.4. The van der Waals surface area contributed by atoms with Crippen molar-refractivity contribution in [2.24, 2.45) is 0 Å². The summed E-state index contributed by atoms with van der Waals surface area (Å²) in [6.45, 7) is 5.78. The van der Waals surface area contributed by atoms with E-state index in [4.69, 9.17) is 14.2 Å². The topological polar surface area (TPSA) is 27.7 Å². The highest BCUT2D eigenvalue weighted by atomic mass is 16.5. The van der Waals surface area contributed by atoms with Crippen LogP contribution < -0.4 is 14.2 Å².